The molecular formula is C72H132O6. The molecule has 456 valence electrons. The molecule has 1 atom stereocenters. The minimum absolute atomic E-state index is 0.0697. The second-order valence-corrected chi connectivity index (χ2v) is 23.4. The van der Waals surface area contributed by atoms with Gasteiger partial charge in [-0.05, 0) is 83.5 Å². The second kappa shape index (κ2) is 66.9. The minimum Gasteiger partial charge on any atom is -0.462 e. The summed E-state index contributed by atoms with van der Waals surface area (Å²) in [7, 11) is 0. The first kappa shape index (κ1) is 75.4. The lowest BCUT2D eigenvalue weighted by molar-refractivity contribution is -0.167. The standard InChI is InChI=1S/C72H132O6/c1-4-7-10-13-16-19-21-23-25-27-29-30-31-32-33-34-35-36-37-38-39-40-41-42-43-45-46-48-50-53-56-59-62-65-71(74)77-68-69(67-76-70(73)64-61-58-55-52-18-15-12-9-6-3)78-72(75)66-63-60-57-54-51-49-47-44-28-26-24-22-20-17-14-11-8-5-2/h21,23,26-29,31-32,69H,4-20,22,24-25,30,33-68H2,1-3H3/b23-21-,28-26-,29-27-,32-31-. The van der Waals surface area contributed by atoms with Gasteiger partial charge in [-0.3, -0.25) is 14.4 Å². The Balaban J connectivity index is 4.05. The molecule has 0 bridgehead atoms. The second-order valence-electron chi connectivity index (χ2n) is 23.4. The van der Waals surface area contributed by atoms with Crippen LogP contribution in [0.3, 0.4) is 0 Å². The Labute approximate surface area is 486 Å². The first-order chi connectivity index (χ1) is 38.5. The smallest absolute Gasteiger partial charge is 0.306 e. The minimum atomic E-state index is -0.771. The molecule has 0 spiro atoms. The number of carbonyl (C=O) groups is 3. The third kappa shape index (κ3) is 64.2. The lowest BCUT2D eigenvalue weighted by Crippen LogP contribution is -2.30. The van der Waals surface area contributed by atoms with Gasteiger partial charge >= 0.3 is 17.9 Å². The van der Waals surface area contributed by atoms with Crippen molar-refractivity contribution in [3.63, 3.8) is 0 Å². The normalized spacial score (nSPS) is 12.3. The van der Waals surface area contributed by atoms with E-state index in [-0.39, 0.29) is 31.1 Å². The molecule has 0 rings (SSSR count). The number of ether oxygens (including phenoxy) is 3. The zero-order valence-corrected chi connectivity index (χ0v) is 52.5. The molecule has 78 heavy (non-hydrogen) atoms. The van der Waals surface area contributed by atoms with Crippen molar-refractivity contribution in [3.05, 3.63) is 48.6 Å². The van der Waals surface area contributed by atoms with E-state index in [0.29, 0.717) is 19.3 Å². The fraction of sp³-hybridized carbons (Fsp3) is 0.847. The summed E-state index contributed by atoms with van der Waals surface area (Å²) in [6.07, 6.45) is 84.4. The quantitative estimate of drug-likeness (QED) is 0.0261. The van der Waals surface area contributed by atoms with Crippen LogP contribution in [-0.2, 0) is 28.6 Å². The van der Waals surface area contributed by atoms with Gasteiger partial charge in [-0.25, -0.2) is 0 Å². The number of hydrogen-bond acceptors (Lipinski definition) is 6. The highest BCUT2D eigenvalue weighted by Crippen LogP contribution is 2.18. The van der Waals surface area contributed by atoms with Gasteiger partial charge in [0, 0.05) is 19.3 Å². The molecule has 0 radical (unpaired) electrons. The monoisotopic (exact) mass is 1090 g/mol. The van der Waals surface area contributed by atoms with Crippen LogP contribution in [0.1, 0.15) is 374 Å². The van der Waals surface area contributed by atoms with E-state index in [1.165, 1.54) is 263 Å². The first-order valence-corrected chi connectivity index (χ1v) is 34.6. The van der Waals surface area contributed by atoms with E-state index in [2.05, 4.69) is 69.4 Å². The molecule has 0 aliphatic rings. The zero-order valence-electron chi connectivity index (χ0n) is 52.5. The van der Waals surface area contributed by atoms with Crippen molar-refractivity contribution < 1.29 is 28.6 Å². The number of hydrogen-bond donors (Lipinski definition) is 0. The lowest BCUT2D eigenvalue weighted by Gasteiger charge is -2.18. The average Bonchev–Trinajstić information content (AvgIpc) is 3.44. The van der Waals surface area contributed by atoms with Crippen LogP contribution in [0.15, 0.2) is 48.6 Å². The first-order valence-electron chi connectivity index (χ1n) is 34.6. The van der Waals surface area contributed by atoms with Gasteiger partial charge in [0.15, 0.2) is 6.10 Å². The highest BCUT2D eigenvalue weighted by molar-refractivity contribution is 5.71. The van der Waals surface area contributed by atoms with E-state index in [4.69, 9.17) is 14.2 Å². The Kier molecular flexibility index (Phi) is 64.6. The molecule has 0 aliphatic heterocycles. The number of unbranched alkanes of at least 4 members (excludes halogenated alkanes) is 45. The van der Waals surface area contributed by atoms with Crippen molar-refractivity contribution in [2.75, 3.05) is 13.2 Å². The van der Waals surface area contributed by atoms with Crippen molar-refractivity contribution >= 4 is 17.9 Å². The molecule has 0 saturated carbocycles. The number of esters is 3. The maximum absolute atomic E-state index is 12.9. The largest absolute Gasteiger partial charge is 0.462 e. The predicted octanol–water partition coefficient (Wildman–Crippen LogP) is 23.7. The number of carbonyl (C=O) groups excluding carboxylic acids is 3. The summed E-state index contributed by atoms with van der Waals surface area (Å²) in [5.41, 5.74) is 0. The fourth-order valence-corrected chi connectivity index (χ4v) is 10.3. The topological polar surface area (TPSA) is 78.9 Å². The molecule has 1 unspecified atom stereocenters. The molecule has 6 nitrogen and oxygen atoms in total. The van der Waals surface area contributed by atoms with Crippen LogP contribution in [-0.4, -0.2) is 37.2 Å². The highest BCUT2D eigenvalue weighted by Gasteiger charge is 2.19. The Morgan fingerprint density at radius 3 is 0.731 bits per heavy atom. The van der Waals surface area contributed by atoms with Gasteiger partial charge in [0.1, 0.15) is 13.2 Å². The van der Waals surface area contributed by atoms with Crippen LogP contribution in [0.4, 0.5) is 0 Å². The zero-order chi connectivity index (χ0) is 56.4. The third-order valence-corrected chi connectivity index (χ3v) is 15.6. The van der Waals surface area contributed by atoms with E-state index >= 15 is 0 Å². The SMILES string of the molecule is CCCCCCC/C=C\C/C=C\C/C=C\CCCCCCCCCCCCCCCCCCCCC(=O)OCC(COC(=O)CCCCCCCCCCC)OC(=O)CCCCCCCCC/C=C\CCCCCCCCC. The van der Waals surface area contributed by atoms with Gasteiger partial charge in [0.2, 0.25) is 0 Å². The lowest BCUT2D eigenvalue weighted by atomic mass is 10.0. The van der Waals surface area contributed by atoms with Crippen molar-refractivity contribution in [3.8, 4) is 0 Å². The molecule has 0 heterocycles. The molecule has 0 N–H and O–H groups in total. The van der Waals surface area contributed by atoms with Crippen molar-refractivity contribution in [2.45, 2.75) is 380 Å². The van der Waals surface area contributed by atoms with Gasteiger partial charge in [-0.2, -0.15) is 0 Å². The van der Waals surface area contributed by atoms with Crippen LogP contribution in [0, 0.1) is 0 Å². The van der Waals surface area contributed by atoms with Crippen LogP contribution < -0.4 is 0 Å². The summed E-state index contributed by atoms with van der Waals surface area (Å²) in [6, 6.07) is 0. The van der Waals surface area contributed by atoms with Gasteiger partial charge in [0.25, 0.3) is 0 Å². The number of allylic oxidation sites excluding steroid dienone is 8. The molecule has 0 aromatic heterocycles. The molecule has 0 aliphatic carbocycles. The van der Waals surface area contributed by atoms with E-state index < -0.39 is 6.10 Å². The van der Waals surface area contributed by atoms with Crippen LogP contribution >= 0.6 is 0 Å². The molecular weight excluding hydrogens is 961 g/mol. The Morgan fingerprint density at radius 1 is 0.256 bits per heavy atom. The maximum atomic E-state index is 12.9. The summed E-state index contributed by atoms with van der Waals surface area (Å²) >= 11 is 0. The van der Waals surface area contributed by atoms with Crippen LogP contribution in [0.5, 0.6) is 0 Å². The van der Waals surface area contributed by atoms with Gasteiger partial charge < -0.3 is 14.2 Å². The highest BCUT2D eigenvalue weighted by atomic mass is 16.6. The summed E-state index contributed by atoms with van der Waals surface area (Å²) in [5.74, 6) is -0.854. The van der Waals surface area contributed by atoms with Crippen molar-refractivity contribution in [1.29, 1.82) is 0 Å². The van der Waals surface area contributed by atoms with E-state index in [1.807, 2.05) is 0 Å². The summed E-state index contributed by atoms with van der Waals surface area (Å²) in [4.78, 5) is 38.2. The van der Waals surface area contributed by atoms with E-state index in [1.54, 1.807) is 0 Å². The van der Waals surface area contributed by atoms with Crippen LogP contribution in [0.25, 0.3) is 0 Å². The number of rotatable bonds is 64. The third-order valence-electron chi connectivity index (χ3n) is 15.6. The van der Waals surface area contributed by atoms with Crippen LogP contribution in [0.2, 0.25) is 0 Å². The molecule has 0 aromatic rings. The molecule has 0 amide bonds. The summed E-state index contributed by atoms with van der Waals surface area (Å²) in [5, 5.41) is 0. The molecule has 0 saturated heterocycles. The Bertz CT molecular complexity index is 1350. The summed E-state index contributed by atoms with van der Waals surface area (Å²) in [6.45, 7) is 6.66. The summed E-state index contributed by atoms with van der Waals surface area (Å²) < 4.78 is 16.9. The maximum Gasteiger partial charge on any atom is 0.306 e. The van der Waals surface area contributed by atoms with E-state index in [0.717, 1.165) is 70.6 Å². The molecule has 0 fully saturated rings. The van der Waals surface area contributed by atoms with Gasteiger partial charge in [-0.1, -0.05) is 320 Å². The van der Waals surface area contributed by atoms with Gasteiger partial charge in [0.05, 0.1) is 0 Å². The fourth-order valence-electron chi connectivity index (χ4n) is 10.3. The molecule has 6 heteroatoms. The van der Waals surface area contributed by atoms with Gasteiger partial charge in [-0.15, -0.1) is 0 Å². The van der Waals surface area contributed by atoms with E-state index in [9.17, 15) is 14.4 Å². The molecule has 0 aromatic carbocycles. The van der Waals surface area contributed by atoms with Crippen molar-refractivity contribution in [1.82, 2.24) is 0 Å². The predicted molar refractivity (Wildman–Crippen MR) is 339 cm³/mol. The Hall–Kier alpha value is -2.63. The average molecular weight is 1090 g/mol. The van der Waals surface area contributed by atoms with Crippen molar-refractivity contribution in [2.24, 2.45) is 0 Å². The Morgan fingerprint density at radius 2 is 0.462 bits per heavy atom.